The van der Waals surface area contributed by atoms with Gasteiger partial charge in [0.15, 0.2) is 0 Å². The van der Waals surface area contributed by atoms with E-state index in [0.717, 1.165) is 21.2 Å². The van der Waals surface area contributed by atoms with Crippen LogP contribution in [-0.4, -0.2) is 42.8 Å². The summed E-state index contributed by atoms with van der Waals surface area (Å²) in [5.74, 6) is -0.938. The number of hydrogen-bond donors (Lipinski definition) is 2. The molecule has 2 aromatic rings. The van der Waals surface area contributed by atoms with E-state index in [4.69, 9.17) is 0 Å². The minimum Gasteiger partial charge on any atom is -0.343 e. The van der Waals surface area contributed by atoms with E-state index in [1.54, 1.807) is 12.1 Å². The quantitative estimate of drug-likeness (QED) is 0.600. The fourth-order valence-electron chi connectivity index (χ4n) is 2.48. The van der Waals surface area contributed by atoms with E-state index < -0.39 is 0 Å². The lowest BCUT2D eigenvalue weighted by Gasteiger charge is -2.18. The van der Waals surface area contributed by atoms with Gasteiger partial charge in [0.2, 0.25) is 11.8 Å². The third-order valence-electron chi connectivity index (χ3n) is 4.00. The molecule has 0 bridgehead atoms. The van der Waals surface area contributed by atoms with Crippen molar-refractivity contribution in [2.75, 3.05) is 25.5 Å². The summed E-state index contributed by atoms with van der Waals surface area (Å²) in [4.78, 5) is 37.9. The van der Waals surface area contributed by atoms with Crippen molar-refractivity contribution in [3.63, 3.8) is 0 Å². The minimum absolute atomic E-state index is 0.0877. The molecule has 3 amide bonds. The predicted octanol–water partition coefficient (Wildman–Crippen LogP) is 2.68. The van der Waals surface area contributed by atoms with Gasteiger partial charge in [0.05, 0.1) is 18.7 Å². The molecule has 7 heteroatoms. The third-order valence-corrected chi connectivity index (χ3v) is 4.94. The molecule has 0 saturated carbocycles. The first-order valence-electron chi connectivity index (χ1n) is 8.56. The van der Waals surface area contributed by atoms with Crippen LogP contribution in [0.15, 0.2) is 48.5 Å². The van der Waals surface area contributed by atoms with Gasteiger partial charge in [-0.3, -0.25) is 14.4 Å². The summed E-state index contributed by atoms with van der Waals surface area (Å²) in [5.41, 5.74) is 2.30. The van der Waals surface area contributed by atoms with Crippen molar-refractivity contribution in [2.24, 2.45) is 0 Å². The lowest BCUT2D eigenvalue weighted by molar-refractivity contribution is -0.132. The van der Waals surface area contributed by atoms with Gasteiger partial charge < -0.3 is 15.5 Å². The summed E-state index contributed by atoms with van der Waals surface area (Å²) in [6.07, 6.45) is 0.801. The van der Waals surface area contributed by atoms with Gasteiger partial charge in [-0.2, -0.15) is 0 Å². The van der Waals surface area contributed by atoms with Gasteiger partial charge in [0.25, 0.3) is 5.91 Å². The van der Waals surface area contributed by atoms with E-state index in [0.29, 0.717) is 5.56 Å². The molecule has 0 aliphatic heterocycles. The second-order valence-electron chi connectivity index (χ2n) is 5.97. The van der Waals surface area contributed by atoms with E-state index in [2.05, 4.69) is 33.2 Å². The average molecular weight is 479 g/mol. The number of hydrogen-bond acceptors (Lipinski definition) is 3. The highest BCUT2D eigenvalue weighted by molar-refractivity contribution is 14.1. The molecule has 0 aliphatic rings. The maximum Gasteiger partial charge on any atom is 0.252 e. The molecule has 2 rings (SSSR count). The molecular formula is C20H22IN3O3. The highest BCUT2D eigenvalue weighted by Crippen LogP contribution is 2.15. The second kappa shape index (κ2) is 10.1. The zero-order valence-corrected chi connectivity index (χ0v) is 17.4. The van der Waals surface area contributed by atoms with Crippen LogP contribution >= 0.6 is 22.6 Å². The van der Waals surface area contributed by atoms with Crippen LogP contribution in [0.25, 0.3) is 0 Å². The van der Waals surface area contributed by atoms with Crippen LogP contribution in [0.5, 0.6) is 0 Å². The molecule has 27 heavy (non-hydrogen) atoms. The van der Waals surface area contributed by atoms with Crippen molar-refractivity contribution < 1.29 is 14.4 Å². The fourth-order valence-corrected chi connectivity index (χ4v) is 3.11. The molecule has 142 valence electrons. The summed E-state index contributed by atoms with van der Waals surface area (Å²) < 4.78 is 0.808. The molecule has 0 aromatic heterocycles. The summed E-state index contributed by atoms with van der Waals surface area (Å²) in [5, 5.41) is 5.42. The first kappa shape index (κ1) is 20.9. The highest BCUT2D eigenvalue weighted by atomic mass is 127. The topological polar surface area (TPSA) is 78.5 Å². The standard InChI is InChI=1S/C20H22IN3O3/c1-3-14-8-4-7-11-17(14)23-18(25)13-24(2)19(26)12-22-20(27)15-9-5-6-10-16(15)21/h4-11H,3,12-13H2,1-2H3,(H,22,27)(H,23,25). The molecule has 6 nitrogen and oxygen atoms in total. The van der Waals surface area contributed by atoms with Crippen LogP contribution in [0, 0.1) is 3.57 Å². The number of para-hydroxylation sites is 1. The largest absolute Gasteiger partial charge is 0.343 e. The van der Waals surface area contributed by atoms with Gasteiger partial charge in [-0.05, 0) is 52.8 Å². The van der Waals surface area contributed by atoms with Crippen LogP contribution in [0.3, 0.4) is 0 Å². The van der Waals surface area contributed by atoms with E-state index in [1.807, 2.05) is 43.3 Å². The number of carbonyl (C=O) groups is 3. The Bertz CT molecular complexity index is 839. The predicted molar refractivity (Wildman–Crippen MR) is 114 cm³/mol. The average Bonchev–Trinajstić information content (AvgIpc) is 2.66. The maximum absolute atomic E-state index is 12.2. The Labute approximate surface area is 172 Å². The smallest absolute Gasteiger partial charge is 0.252 e. The van der Waals surface area contributed by atoms with Crippen molar-refractivity contribution in [1.82, 2.24) is 10.2 Å². The van der Waals surface area contributed by atoms with Crippen LogP contribution in [-0.2, 0) is 16.0 Å². The molecule has 0 unspecified atom stereocenters. The van der Waals surface area contributed by atoms with Crippen molar-refractivity contribution in [3.05, 3.63) is 63.2 Å². The Kier molecular flexibility index (Phi) is 7.78. The third kappa shape index (κ3) is 6.06. The number of benzene rings is 2. The SMILES string of the molecule is CCc1ccccc1NC(=O)CN(C)C(=O)CNC(=O)c1ccccc1I. The number of likely N-dealkylation sites (N-methyl/N-ethyl adjacent to an activating group) is 1. The van der Waals surface area contributed by atoms with Crippen LogP contribution in [0.4, 0.5) is 5.69 Å². The monoisotopic (exact) mass is 479 g/mol. The van der Waals surface area contributed by atoms with Gasteiger partial charge in [-0.1, -0.05) is 37.3 Å². The summed E-state index contributed by atoms with van der Waals surface area (Å²) in [6, 6.07) is 14.7. The number of anilines is 1. The Morgan fingerprint density at radius 2 is 1.70 bits per heavy atom. The number of nitrogens with zero attached hydrogens (tertiary/aromatic N) is 1. The van der Waals surface area contributed by atoms with Gasteiger partial charge >= 0.3 is 0 Å². The lowest BCUT2D eigenvalue weighted by Crippen LogP contribution is -2.41. The molecule has 0 radical (unpaired) electrons. The number of carbonyl (C=O) groups excluding carboxylic acids is 3. The lowest BCUT2D eigenvalue weighted by atomic mass is 10.1. The zero-order valence-electron chi connectivity index (χ0n) is 15.3. The Morgan fingerprint density at radius 3 is 2.41 bits per heavy atom. The van der Waals surface area contributed by atoms with Crippen LogP contribution < -0.4 is 10.6 Å². The molecule has 2 N–H and O–H groups in total. The summed E-state index contributed by atoms with van der Waals surface area (Å²) in [7, 11) is 1.53. The van der Waals surface area contributed by atoms with Crippen molar-refractivity contribution >= 4 is 46.0 Å². The van der Waals surface area contributed by atoms with E-state index in [1.165, 1.54) is 11.9 Å². The van der Waals surface area contributed by atoms with Gasteiger partial charge in [0.1, 0.15) is 0 Å². The number of rotatable bonds is 7. The van der Waals surface area contributed by atoms with Crippen LogP contribution in [0.2, 0.25) is 0 Å². The zero-order chi connectivity index (χ0) is 19.8. The fraction of sp³-hybridized carbons (Fsp3) is 0.250. The first-order chi connectivity index (χ1) is 12.9. The number of nitrogens with one attached hydrogen (secondary N) is 2. The minimum atomic E-state index is -0.340. The molecule has 0 heterocycles. The molecule has 0 atom stereocenters. The van der Waals surface area contributed by atoms with E-state index >= 15 is 0 Å². The maximum atomic E-state index is 12.2. The number of halogens is 1. The van der Waals surface area contributed by atoms with E-state index in [9.17, 15) is 14.4 Å². The van der Waals surface area contributed by atoms with Crippen molar-refractivity contribution in [3.8, 4) is 0 Å². The second-order valence-corrected chi connectivity index (χ2v) is 7.13. The van der Waals surface area contributed by atoms with Gasteiger partial charge in [-0.15, -0.1) is 0 Å². The molecule has 0 fully saturated rings. The Balaban J connectivity index is 1.85. The summed E-state index contributed by atoms with van der Waals surface area (Å²) in [6.45, 7) is 1.76. The molecule has 0 saturated heterocycles. The first-order valence-corrected chi connectivity index (χ1v) is 9.64. The van der Waals surface area contributed by atoms with Crippen LogP contribution in [0.1, 0.15) is 22.8 Å². The van der Waals surface area contributed by atoms with Gasteiger partial charge in [0, 0.05) is 16.3 Å². The Morgan fingerprint density at radius 1 is 1.04 bits per heavy atom. The molecule has 2 aromatic carbocycles. The normalized spacial score (nSPS) is 10.2. The highest BCUT2D eigenvalue weighted by Gasteiger charge is 2.16. The molecule has 0 spiro atoms. The number of aryl methyl sites for hydroxylation is 1. The summed E-state index contributed by atoms with van der Waals surface area (Å²) >= 11 is 2.07. The van der Waals surface area contributed by atoms with Crippen molar-refractivity contribution in [1.29, 1.82) is 0 Å². The molecular weight excluding hydrogens is 457 g/mol. The van der Waals surface area contributed by atoms with Crippen molar-refractivity contribution in [2.45, 2.75) is 13.3 Å². The Hall–Kier alpha value is -2.42. The van der Waals surface area contributed by atoms with Gasteiger partial charge in [-0.25, -0.2) is 0 Å². The van der Waals surface area contributed by atoms with E-state index in [-0.39, 0.29) is 30.8 Å². The number of amides is 3. The molecule has 0 aliphatic carbocycles.